The smallest absolute Gasteiger partial charge is 0.0631 e. The van der Waals surface area contributed by atoms with Gasteiger partial charge < -0.3 is 9.47 Å². The molecule has 0 bridgehead atoms. The summed E-state index contributed by atoms with van der Waals surface area (Å²) in [5.41, 5.74) is -0.248. The minimum absolute atomic E-state index is 0.248. The molecule has 2 heteroatoms. The van der Waals surface area contributed by atoms with E-state index in [0.717, 1.165) is 26.1 Å². The van der Waals surface area contributed by atoms with Crippen molar-refractivity contribution in [2.45, 2.75) is 38.4 Å². The van der Waals surface area contributed by atoms with Crippen LogP contribution in [0.5, 0.6) is 0 Å². The fraction of sp³-hybridized carbons (Fsp3) is 0.889. The van der Waals surface area contributed by atoms with Crippen LogP contribution in [0, 0.1) is 6.92 Å². The van der Waals surface area contributed by atoms with Gasteiger partial charge in [-0.05, 0) is 33.6 Å². The minimum Gasteiger partial charge on any atom is -0.381 e. The molecule has 0 aromatic rings. The van der Waals surface area contributed by atoms with Gasteiger partial charge in [0.2, 0.25) is 0 Å². The lowest BCUT2D eigenvalue weighted by Crippen LogP contribution is -2.32. The van der Waals surface area contributed by atoms with Gasteiger partial charge in [0, 0.05) is 13.2 Å². The highest BCUT2D eigenvalue weighted by Crippen LogP contribution is 2.17. The van der Waals surface area contributed by atoms with E-state index in [0.29, 0.717) is 6.10 Å². The Morgan fingerprint density at radius 2 is 1.91 bits per heavy atom. The second kappa shape index (κ2) is 3.55. The van der Waals surface area contributed by atoms with Gasteiger partial charge in [-0.25, -0.2) is 0 Å². The van der Waals surface area contributed by atoms with Gasteiger partial charge in [-0.2, -0.15) is 0 Å². The Hall–Kier alpha value is -0.0800. The summed E-state index contributed by atoms with van der Waals surface area (Å²) in [7, 11) is 0. The second-order valence-corrected chi connectivity index (χ2v) is 3.69. The van der Waals surface area contributed by atoms with Crippen LogP contribution >= 0.6 is 0 Å². The minimum atomic E-state index is -0.248. The molecule has 65 valence electrons. The SMILES string of the molecule is [CH2]C(C)(C)OC1CCOCC1. The molecule has 0 N–H and O–H groups in total. The molecule has 2 nitrogen and oxygen atoms in total. The highest BCUT2D eigenvalue weighted by atomic mass is 16.5. The molecular formula is C9H17O2. The zero-order valence-corrected chi connectivity index (χ0v) is 7.43. The number of ether oxygens (including phenoxy) is 2. The molecule has 1 radical (unpaired) electrons. The van der Waals surface area contributed by atoms with Crippen LogP contribution in [0.2, 0.25) is 0 Å². The van der Waals surface area contributed by atoms with Crippen LogP contribution < -0.4 is 0 Å². The van der Waals surface area contributed by atoms with Crippen LogP contribution in [-0.4, -0.2) is 24.9 Å². The molecule has 0 spiro atoms. The van der Waals surface area contributed by atoms with Gasteiger partial charge in [-0.3, -0.25) is 0 Å². The van der Waals surface area contributed by atoms with Crippen LogP contribution in [0.4, 0.5) is 0 Å². The normalized spacial score (nSPS) is 22.1. The summed E-state index contributed by atoms with van der Waals surface area (Å²) in [6.45, 7) is 9.55. The van der Waals surface area contributed by atoms with Gasteiger partial charge >= 0.3 is 0 Å². The van der Waals surface area contributed by atoms with Crippen molar-refractivity contribution in [1.82, 2.24) is 0 Å². The lowest BCUT2D eigenvalue weighted by Gasteiger charge is -2.29. The molecule has 0 aliphatic carbocycles. The summed E-state index contributed by atoms with van der Waals surface area (Å²) in [4.78, 5) is 0. The third kappa shape index (κ3) is 3.73. The van der Waals surface area contributed by atoms with Crippen molar-refractivity contribution in [2.24, 2.45) is 0 Å². The van der Waals surface area contributed by atoms with Crippen molar-refractivity contribution in [2.75, 3.05) is 13.2 Å². The van der Waals surface area contributed by atoms with E-state index in [2.05, 4.69) is 6.92 Å². The predicted octanol–water partition coefficient (Wildman–Crippen LogP) is 1.79. The average Bonchev–Trinajstić information content (AvgIpc) is 1.85. The highest BCUT2D eigenvalue weighted by Gasteiger charge is 2.20. The predicted molar refractivity (Wildman–Crippen MR) is 44.4 cm³/mol. The Balaban J connectivity index is 2.24. The van der Waals surface area contributed by atoms with E-state index in [1.54, 1.807) is 0 Å². The van der Waals surface area contributed by atoms with Crippen LogP contribution in [0.1, 0.15) is 26.7 Å². The van der Waals surface area contributed by atoms with Crippen LogP contribution in [-0.2, 0) is 9.47 Å². The largest absolute Gasteiger partial charge is 0.381 e. The summed E-state index contributed by atoms with van der Waals surface area (Å²) >= 11 is 0. The van der Waals surface area contributed by atoms with Gasteiger partial charge in [0.1, 0.15) is 0 Å². The topological polar surface area (TPSA) is 18.5 Å². The maximum atomic E-state index is 5.69. The van der Waals surface area contributed by atoms with Gasteiger partial charge in [-0.15, -0.1) is 0 Å². The molecular weight excluding hydrogens is 140 g/mol. The van der Waals surface area contributed by atoms with E-state index in [1.807, 2.05) is 13.8 Å². The van der Waals surface area contributed by atoms with Gasteiger partial charge in [0.05, 0.1) is 11.7 Å². The number of hydrogen-bond acceptors (Lipinski definition) is 2. The van der Waals surface area contributed by atoms with Gasteiger partial charge in [0.15, 0.2) is 0 Å². The third-order valence-corrected chi connectivity index (χ3v) is 1.65. The molecule has 0 aromatic heterocycles. The Morgan fingerprint density at radius 1 is 1.36 bits per heavy atom. The zero-order chi connectivity index (χ0) is 8.32. The first-order chi connectivity index (χ1) is 5.08. The first kappa shape index (κ1) is 9.01. The summed E-state index contributed by atoms with van der Waals surface area (Å²) in [6, 6.07) is 0. The summed E-state index contributed by atoms with van der Waals surface area (Å²) < 4.78 is 10.9. The zero-order valence-electron chi connectivity index (χ0n) is 7.43. The van der Waals surface area contributed by atoms with E-state index in [1.165, 1.54) is 0 Å². The van der Waals surface area contributed by atoms with E-state index in [9.17, 15) is 0 Å². The Morgan fingerprint density at radius 3 is 2.36 bits per heavy atom. The van der Waals surface area contributed by atoms with E-state index < -0.39 is 0 Å². The maximum Gasteiger partial charge on any atom is 0.0631 e. The molecule has 0 aromatic carbocycles. The second-order valence-electron chi connectivity index (χ2n) is 3.69. The van der Waals surface area contributed by atoms with Crippen molar-refractivity contribution < 1.29 is 9.47 Å². The molecule has 0 unspecified atom stereocenters. The van der Waals surface area contributed by atoms with Crippen molar-refractivity contribution in [3.05, 3.63) is 6.92 Å². The molecule has 1 saturated heterocycles. The van der Waals surface area contributed by atoms with Crippen molar-refractivity contribution >= 4 is 0 Å². The van der Waals surface area contributed by atoms with Crippen molar-refractivity contribution in [3.63, 3.8) is 0 Å². The first-order valence-corrected chi connectivity index (χ1v) is 4.19. The van der Waals surface area contributed by atoms with E-state index in [4.69, 9.17) is 9.47 Å². The van der Waals surface area contributed by atoms with Crippen LogP contribution in [0.25, 0.3) is 0 Å². The highest BCUT2D eigenvalue weighted by molar-refractivity contribution is 4.75. The molecule has 1 rings (SSSR count). The molecule has 11 heavy (non-hydrogen) atoms. The molecule has 1 fully saturated rings. The van der Waals surface area contributed by atoms with E-state index in [-0.39, 0.29) is 5.60 Å². The lowest BCUT2D eigenvalue weighted by molar-refractivity contribution is -0.0888. The fourth-order valence-corrected chi connectivity index (χ4v) is 1.24. The molecule has 0 saturated carbocycles. The number of hydrogen-bond donors (Lipinski definition) is 0. The molecule has 1 aliphatic heterocycles. The molecule has 1 heterocycles. The summed E-state index contributed by atoms with van der Waals surface area (Å²) in [6.07, 6.45) is 2.38. The first-order valence-electron chi connectivity index (χ1n) is 4.19. The monoisotopic (exact) mass is 157 g/mol. The average molecular weight is 157 g/mol. The summed E-state index contributed by atoms with van der Waals surface area (Å²) in [5.74, 6) is 0. The maximum absolute atomic E-state index is 5.69. The summed E-state index contributed by atoms with van der Waals surface area (Å²) in [5, 5.41) is 0. The van der Waals surface area contributed by atoms with Gasteiger partial charge in [0.25, 0.3) is 0 Å². The number of rotatable bonds is 2. The van der Waals surface area contributed by atoms with Crippen LogP contribution in [0.3, 0.4) is 0 Å². The lowest BCUT2D eigenvalue weighted by atomic mass is 10.1. The molecule has 1 aliphatic rings. The Bertz CT molecular complexity index is 109. The standard InChI is InChI=1S/C9H17O2/c1-9(2,3)11-8-4-6-10-7-5-8/h8H,1,4-7H2,2-3H3. The fourth-order valence-electron chi connectivity index (χ4n) is 1.24. The quantitative estimate of drug-likeness (QED) is 0.608. The Kier molecular flexibility index (Phi) is 2.90. The molecule has 0 atom stereocenters. The van der Waals surface area contributed by atoms with Crippen LogP contribution in [0.15, 0.2) is 0 Å². The van der Waals surface area contributed by atoms with Crippen molar-refractivity contribution in [1.29, 1.82) is 0 Å². The van der Waals surface area contributed by atoms with Crippen molar-refractivity contribution in [3.8, 4) is 0 Å². The van der Waals surface area contributed by atoms with E-state index >= 15 is 0 Å². The third-order valence-electron chi connectivity index (χ3n) is 1.65. The Labute approximate surface area is 68.9 Å². The van der Waals surface area contributed by atoms with Gasteiger partial charge in [-0.1, -0.05) is 0 Å². The molecule has 0 amide bonds.